The highest BCUT2D eigenvalue weighted by Gasteiger charge is 2.19. The first-order valence-electron chi connectivity index (χ1n) is 9.06. The lowest BCUT2D eigenvalue weighted by Crippen LogP contribution is -2.31. The topological polar surface area (TPSA) is 72.7 Å². The van der Waals surface area contributed by atoms with Crippen LogP contribution in [-0.2, 0) is 13.1 Å². The molecule has 0 aliphatic rings. The van der Waals surface area contributed by atoms with E-state index in [1.165, 1.54) is 16.7 Å². The number of aromatic amines is 1. The summed E-state index contributed by atoms with van der Waals surface area (Å²) in [4.78, 5) is 31.8. The Morgan fingerprint density at radius 3 is 2.23 bits per heavy atom. The fourth-order valence-corrected chi connectivity index (χ4v) is 3.05. The van der Waals surface area contributed by atoms with Gasteiger partial charge in [0.2, 0.25) is 0 Å². The lowest BCUT2D eigenvalue weighted by Gasteiger charge is -2.08. The number of halogens is 1. The molecule has 0 spiro atoms. The molecule has 0 saturated carbocycles. The van der Waals surface area contributed by atoms with Crippen LogP contribution < -0.4 is 11.2 Å². The molecule has 3 aromatic rings. The van der Waals surface area contributed by atoms with Crippen molar-refractivity contribution in [1.29, 1.82) is 0 Å². The van der Waals surface area contributed by atoms with Gasteiger partial charge < -0.3 is 4.57 Å². The summed E-state index contributed by atoms with van der Waals surface area (Å²) < 4.78 is 16.7. The number of nitrogens with one attached hydrogen (secondary N) is 1. The molecule has 0 radical (unpaired) electrons. The van der Waals surface area contributed by atoms with Crippen molar-refractivity contribution in [2.24, 2.45) is 0 Å². The second kappa shape index (κ2) is 7.68. The Kier molecular flexibility index (Phi) is 5.35. The molecular weight excluding hydrogens is 335 g/mol. The van der Waals surface area contributed by atoms with E-state index in [-0.39, 0.29) is 5.82 Å². The highest BCUT2D eigenvalue weighted by atomic mass is 19.1. The van der Waals surface area contributed by atoms with Crippen molar-refractivity contribution in [3.05, 3.63) is 50.9 Å². The number of benzene rings is 1. The van der Waals surface area contributed by atoms with Gasteiger partial charge in [0.05, 0.1) is 0 Å². The van der Waals surface area contributed by atoms with Crippen LogP contribution in [0.3, 0.4) is 0 Å². The molecule has 138 valence electrons. The molecule has 0 bridgehead atoms. The molecule has 0 aliphatic heterocycles. The molecule has 2 aromatic heterocycles. The van der Waals surface area contributed by atoms with Gasteiger partial charge in [0.25, 0.3) is 5.56 Å². The average Bonchev–Trinajstić information content (AvgIpc) is 3.00. The Morgan fingerprint density at radius 2 is 1.62 bits per heavy atom. The zero-order valence-corrected chi connectivity index (χ0v) is 15.1. The van der Waals surface area contributed by atoms with E-state index >= 15 is 0 Å². The molecule has 0 saturated heterocycles. The van der Waals surface area contributed by atoms with Gasteiger partial charge in [-0.25, -0.2) is 14.2 Å². The fraction of sp³-hybridized carbons (Fsp3) is 0.421. The number of aromatic nitrogens is 4. The molecule has 1 aromatic carbocycles. The first-order valence-corrected chi connectivity index (χ1v) is 9.06. The molecule has 0 fully saturated rings. The van der Waals surface area contributed by atoms with E-state index in [4.69, 9.17) is 0 Å². The van der Waals surface area contributed by atoms with Crippen LogP contribution in [0.25, 0.3) is 22.6 Å². The maximum Gasteiger partial charge on any atom is 0.330 e. The van der Waals surface area contributed by atoms with E-state index in [1.807, 2.05) is 11.5 Å². The summed E-state index contributed by atoms with van der Waals surface area (Å²) in [7, 11) is 0. The summed E-state index contributed by atoms with van der Waals surface area (Å²) in [6, 6.07) is 6.02. The Bertz CT molecular complexity index is 1010. The van der Waals surface area contributed by atoms with Gasteiger partial charge in [-0.05, 0) is 37.1 Å². The average molecular weight is 358 g/mol. The first kappa shape index (κ1) is 18.1. The van der Waals surface area contributed by atoms with E-state index < -0.39 is 11.2 Å². The Labute approximate surface area is 150 Å². The van der Waals surface area contributed by atoms with E-state index in [9.17, 15) is 14.0 Å². The van der Waals surface area contributed by atoms with Gasteiger partial charge in [-0.1, -0.05) is 26.7 Å². The third-order valence-electron chi connectivity index (χ3n) is 4.46. The Hall–Kier alpha value is -2.70. The molecule has 26 heavy (non-hydrogen) atoms. The number of H-pyrrole nitrogens is 1. The van der Waals surface area contributed by atoms with Crippen LogP contribution in [-0.4, -0.2) is 19.1 Å². The third-order valence-corrected chi connectivity index (χ3v) is 4.46. The minimum atomic E-state index is -0.443. The molecule has 3 rings (SSSR count). The van der Waals surface area contributed by atoms with Gasteiger partial charge >= 0.3 is 5.69 Å². The van der Waals surface area contributed by atoms with E-state index in [1.54, 1.807) is 12.1 Å². The number of nitrogens with zero attached hydrogens (tertiary/aromatic N) is 3. The fourth-order valence-electron chi connectivity index (χ4n) is 3.05. The Morgan fingerprint density at radius 1 is 1.00 bits per heavy atom. The van der Waals surface area contributed by atoms with Gasteiger partial charge in [-0.3, -0.25) is 14.3 Å². The predicted octanol–water partition coefficient (Wildman–Crippen LogP) is 3.29. The van der Waals surface area contributed by atoms with Crippen molar-refractivity contribution >= 4 is 11.2 Å². The highest BCUT2D eigenvalue weighted by Crippen LogP contribution is 2.23. The quantitative estimate of drug-likeness (QED) is 0.704. The maximum absolute atomic E-state index is 13.3. The summed E-state index contributed by atoms with van der Waals surface area (Å²) in [5.74, 6) is 0.248. The van der Waals surface area contributed by atoms with Gasteiger partial charge in [-0.15, -0.1) is 0 Å². The van der Waals surface area contributed by atoms with Crippen molar-refractivity contribution in [2.45, 2.75) is 52.6 Å². The maximum atomic E-state index is 13.3. The second-order valence-electron chi connectivity index (χ2n) is 6.38. The van der Waals surface area contributed by atoms with Crippen LogP contribution in [0.4, 0.5) is 4.39 Å². The van der Waals surface area contributed by atoms with Crippen molar-refractivity contribution in [2.75, 3.05) is 0 Å². The minimum Gasteiger partial charge on any atom is -0.318 e. The monoisotopic (exact) mass is 358 g/mol. The number of unbranched alkanes of at least 4 members (excludes halogenated alkanes) is 2. The van der Waals surface area contributed by atoms with Crippen molar-refractivity contribution in [3.63, 3.8) is 0 Å². The van der Waals surface area contributed by atoms with Crippen LogP contribution in [0, 0.1) is 5.82 Å². The number of rotatable bonds is 7. The van der Waals surface area contributed by atoms with Gasteiger partial charge in [0.1, 0.15) is 11.6 Å². The minimum absolute atomic E-state index is 0.331. The summed E-state index contributed by atoms with van der Waals surface area (Å²) >= 11 is 0. The van der Waals surface area contributed by atoms with Crippen molar-refractivity contribution in [1.82, 2.24) is 19.1 Å². The third kappa shape index (κ3) is 3.34. The van der Waals surface area contributed by atoms with Crippen molar-refractivity contribution < 1.29 is 4.39 Å². The number of hydrogen-bond donors (Lipinski definition) is 1. The summed E-state index contributed by atoms with van der Waals surface area (Å²) in [6.45, 7) is 5.21. The molecule has 0 amide bonds. The Balaban J connectivity index is 2.29. The molecule has 1 N–H and O–H groups in total. The lowest BCUT2D eigenvalue weighted by atomic mass is 10.2. The number of aryl methyl sites for hydroxylation is 2. The largest absolute Gasteiger partial charge is 0.330 e. The van der Waals surface area contributed by atoms with E-state index in [2.05, 4.69) is 16.9 Å². The van der Waals surface area contributed by atoms with Gasteiger partial charge in [0.15, 0.2) is 11.2 Å². The standard InChI is InChI=1S/C19H23FN4O2/c1-3-5-11-23-15-17(21-16(23)13-7-9-14(20)10-8-13)24(12-6-4-2)19(26)22-18(15)25/h7-10H,3-6,11-12H2,1-2H3,(H,22,25,26). The van der Waals surface area contributed by atoms with E-state index in [0.29, 0.717) is 35.6 Å². The molecule has 0 aliphatic carbocycles. The first-order chi connectivity index (χ1) is 12.6. The van der Waals surface area contributed by atoms with Gasteiger partial charge in [0, 0.05) is 18.7 Å². The molecule has 7 heteroatoms. The van der Waals surface area contributed by atoms with E-state index in [0.717, 1.165) is 25.7 Å². The number of fused-ring (bicyclic) bond motifs is 1. The molecular formula is C19H23FN4O2. The normalized spacial score (nSPS) is 11.3. The van der Waals surface area contributed by atoms with Crippen LogP contribution >= 0.6 is 0 Å². The zero-order chi connectivity index (χ0) is 18.7. The van der Waals surface area contributed by atoms with Crippen molar-refractivity contribution in [3.8, 4) is 11.4 Å². The smallest absolute Gasteiger partial charge is 0.318 e. The van der Waals surface area contributed by atoms with Crippen LogP contribution in [0.15, 0.2) is 33.9 Å². The zero-order valence-electron chi connectivity index (χ0n) is 15.1. The molecule has 0 unspecified atom stereocenters. The number of hydrogen-bond acceptors (Lipinski definition) is 3. The van der Waals surface area contributed by atoms with Gasteiger partial charge in [-0.2, -0.15) is 0 Å². The molecule has 6 nitrogen and oxygen atoms in total. The molecule has 0 atom stereocenters. The SMILES string of the molecule is CCCCn1c(-c2ccc(F)cc2)nc2c1c(=O)[nH]c(=O)n2CCCC. The lowest BCUT2D eigenvalue weighted by molar-refractivity contribution is 0.611. The van der Waals surface area contributed by atoms with Crippen LogP contribution in [0.1, 0.15) is 39.5 Å². The predicted molar refractivity (Wildman–Crippen MR) is 99.8 cm³/mol. The summed E-state index contributed by atoms with van der Waals surface area (Å²) in [5.41, 5.74) is 0.625. The highest BCUT2D eigenvalue weighted by molar-refractivity contribution is 5.76. The summed E-state index contributed by atoms with van der Waals surface area (Å²) in [5, 5.41) is 0. The second-order valence-corrected chi connectivity index (χ2v) is 6.38. The molecule has 2 heterocycles. The number of imidazole rings is 1. The van der Waals surface area contributed by atoms with Crippen LogP contribution in [0.5, 0.6) is 0 Å². The summed E-state index contributed by atoms with van der Waals surface area (Å²) in [6.07, 6.45) is 3.56. The van der Waals surface area contributed by atoms with Crippen LogP contribution in [0.2, 0.25) is 0 Å².